The molecule has 0 N–H and O–H groups in total. The van der Waals surface area contributed by atoms with E-state index >= 15 is 0 Å². The van der Waals surface area contributed by atoms with Gasteiger partial charge in [0, 0.05) is 49.7 Å². The lowest BCUT2D eigenvalue weighted by atomic mass is 10.1. The predicted octanol–water partition coefficient (Wildman–Crippen LogP) is 1.44. The molecule has 0 saturated carbocycles. The first-order chi connectivity index (χ1) is 14.7. The molecule has 2 atom stereocenters. The van der Waals surface area contributed by atoms with Crippen LogP contribution in [-0.4, -0.2) is 88.0 Å². The third-order valence-corrected chi connectivity index (χ3v) is 8.91. The number of carbonyl (C=O) groups excluding carboxylic acids is 1. The second kappa shape index (κ2) is 9.22. The van der Waals surface area contributed by atoms with Gasteiger partial charge in [-0.1, -0.05) is 11.8 Å². The van der Waals surface area contributed by atoms with E-state index in [4.69, 9.17) is 9.72 Å². The first-order valence-electron chi connectivity index (χ1n) is 11.1. The minimum atomic E-state index is -0.0663. The van der Waals surface area contributed by atoms with Crippen LogP contribution >= 0.6 is 23.5 Å². The Morgan fingerprint density at radius 1 is 1.10 bits per heavy atom. The normalized spacial score (nSPS) is 27.0. The lowest BCUT2D eigenvalue weighted by molar-refractivity contribution is -0.134. The molecule has 2 unspecified atom stereocenters. The van der Waals surface area contributed by atoms with Crippen LogP contribution in [0.4, 0.5) is 0 Å². The van der Waals surface area contributed by atoms with Crippen molar-refractivity contribution in [2.24, 2.45) is 0 Å². The number of nitrogens with zero attached hydrogens (tertiary/aromatic N) is 4. The third kappa shape index (κ3) is 4.18. The Morgan fingerprint density at radius 2 is 1.97 bits per heavy atom. The summed E-state index contributed by atoms with van der Waals surface area (Å²) in [4.78, 5) is 35.8. The lowest BCUT2D eigenvalue weighted by Crippen LogP contribution is -2.50. The SMILES string of the molecule is O=C(CC1CSc2nc3c(c(=O)n21)CCC3)N1CCCSCC1CN1CCOCC1. The van der Waals surface area contributed by atoms with Gasteiger partial charge in [-0.2, -0.15) is 11.8 Å². The molecule has 1 amide bonds. The van der Waals surface area contributed by atoms with Gasteiger partial charge < -0.3 is 9.64 Å². The Hall–Kier alpha value is -1.03. The van der Waals surface area contributed by atoms with Crippen LogP contribution in [0.1, 0.15) is 36.6 Å². The van der Waals surface area contributed by atoms with Crippen molar-refractivity contribution >= 4 is 29.4 Å². The molecule has 9 heteroatoms. The summed E-state index contributed by atoms with van der Waals surface area (Å²) >= 11 is 3.59. The van der Waals surface area contributed by atoms with Crippen LogP contribution in [0.3, 0.4) is 0 Å². The number of amides is 1. The minimum Gasteiger partial charge on any atom is -0.379 e. The Labute approximate surface area is 185 Å². The van der Waals surface area contributed by atoms with Crippen molar-refractivity contribution in [3.8, 4) is 0 Å². The number of morpholine rings is 1. The molecule has 1 aromatic rings. The molecule has 0 spiro atoms. The monoisotopic (exact) mass is 450 g/mol. The zero-order chi connectivity index (χ0) is 20.5. The van der Waals surface area contributed by atoms with E-state index in [-0.39, 0.29) is 23.6 Å². The highest BCUT2D eigenvalue weighted by Crippen LogP contribution is 2.34. The molecule has 164 valence electrons. The quantitative estimate of drug-likeness (QED) is 0.643. The largest absolute Gasteiger partial charge is 0.379 e. The highest BCUT2D eigenvalue weighted by atomic mass is 32.2. The Morgan fingerprint density at radius 3 is 2.83 bits per heavy atom. The Kier molecular flexibility index (Phi) is 6.41. The molecule has 30 heavy (non-hydrogen) atoms. The molecular weight excluding hydrogens is 420 g/mol. The van der Waals surface area contributed by atoms with Crippen LogP contribution in [0.15, 0.2) is 9.95 Å². The molecule has 7 nitrogen and oxygen atoms in total. The summed E-state index contributed by atoms with van der Waals surface area (Å²) in [5.41, 5.74) is 1.97. The van der Waals surface area contributed by atoms with Crippen molar-refractivity contribution in [1.29, 1.82) is 0 Å². The number of aromatic nitrogens is 2. The first-order valence-corrected chi connectivity index (χ1v) is 13.3. The number of aryl methyl sites for hydroxylation is 1. The second-order valence-corrected chi connectivity index (χ2v) is 10.7. The summed E-state index contributed by atoms with van der Waals surface area (Å²) < 4.78 is 7.31. The van der Waals surface area contributed by atoms with E-state index in [1.165, 1.54) is 0 Å². The van der Waals surface area contributed by atoms with Gasteiger partial charge in [-0.25, -0.2) is 4.98 Å². The second-order valence-electron chi connectivity index (χ2n) is 8.60. The molecule has 0 bridgehead atoms. The van der Waals surface area contributed by atoms with Gasteiger partial charge in [-0.3, -0.25) is 19.1 Å². The minimum absolute atomic E-state index is 0.0663. The fraction of sp³-hybridized carbons (Fsp3) is 0.762. The summed E-state index contributed by atoms with van der Waals surface area (Å²) in [6, 6.07) is 0.176. The standard InChI is InChI=1S/C21H30N4O3S2/c26-19(24-5-2-10-29-13-16(24)12-23-6-8-28-9-7-23)11-15-14-30-21-22-18-4-1-3-17(18)20(27)25(15)21/h15-16H,1-14H2. The van der Waals surface area contributed by atoms with E-state index < -0.39 is 0 Å². The van der Waals surface area contributed by atoms with Gasteiger partial charge in [0.05, 0.1) is 31.0 Å². The Bertz CT molecular complexity index is 855. The van der Waals surface area contributed by atoms with E-state index in [9.17, 15) is 9.59 Å². The van der Waals surface area contributed by atoms with Crippen molar-refractivity contribution in [2.75, 3.05) is 56.7 Å². The van der Waals surface area contributed by atoms with Crippen molar-refractivity contribution in [3.63, 3.8) is 0 Å². The number of fused-ring (bicyclic) bond motifs is 2. The third-order valence-electron chi connectivity index (χ3n) is 6.61. The molecule has 1 aromatic heterocycles. The van der Waals surface area contributed by atoms with Crippen molar-refractivity contribution in [2.45, 2.75) is 49.3 Å². The summed E-state index contributed by atoms with van der Waals surface area (Å²) in [6.45, 7) is 5.20. The van der Waals surface area contributed by atoms with Crippen LogP contribution in [0.25, 0.3) is 0 Å². The maximum Gasteiger partial charge on any atom is 0.257 e. The van der Waals surface area contributed by atoms with E-state index in [1.807, 2.05) is 16.3 Å². The summed E-state index contributed by atoms with van der Waals surface area (Å²) in [5.74, 6) is 3.07. The van der Waals surface area contributed by atoms with Gasteiger partial charge in [0.25, 0.3) is 5.56 Å². The van der Waals surface area contributed by atoms with E-state index in [2.05, 4.69) is 9.80 Å². The van der Waals surface area contributed by atoms with Gasteiger partial charge in [-0.15, -0.1) is 0 Å². The van der Waals surface area contributed by atoms with Crippen molar-refractivity contribution < 1.29 is 9.53 Å². The zero-order valence-electron chi connectivity index (χ0n) is 17.4. The molecule has 2 saturated heterocycles. The number of hydrogen-bond acceptors (Lipinski definition) is 7. The number of ether oxygens (including phenoxy) is 1. The van der Waals surface area contributed by atoms with Crippen molar-refractivity contribution in [1.82, 2.24) is 19.4 Å². The molecule has 4 aliphatic rings. The maximum atomic E-state index is 13.4. The van der Waals surface area contributed by atoms with E-state index in [0.717, 1.165) is 98.7 Å². The molecule has 0 aromatic carbocycles. The van der Waals surface area contributed by atoms with Crippen LogP contribution < -0.4 is 5.56 Å². The summed E-state index contributed by atoms with van der Waals surface area (Å²) in [5, 5.41) is 0.815. The first kappa shape index (κ1) is 20.8. The molecule has 3 aliphatic heterocycles. The van der Waals surface area contributed by atoms with E-state index in [1.54, 1.807) is 11.8 Å². The topological polar surface area (TPSA) is 67.7 Å². The fourth-order valence-electron chi connectivity index (χ4n) is 5.01. The van der Waals surface area contributed by atoms with Gasteiger partial charge in [0.1, 0.15) is 0 Å². The molecule has 2 fully saturated rings. The highest BCUT2D eigenvalue weighted by Gasteiger charge is 2.34. The Balaban J connectivity index is 1.31. The summed E-state index contributed by atoms with van der Waals surface area (Å²) in [6.07, 6.45) is 4.21. The van der Waals surface area contributed by atoms with Crippen LogP contribution in [-0.2, 0) is 22.4 Å². The van der Waals surface area contributed by atoms with Crippen LogP contribution in [0.5, 0.6) is 0 Å². The molecule has 4 heterocycles. The van der Waals surface area contributed by atoms with Gasteiger partial charge >= 0.3 is 0 Å². The highest BCUT2D eigenvalue weighted by molar-refractivity contribution is 7.99. The predicted molar refractivity (Wildman–Crippen MR) is 120 cm³/mol. The number of carbonyl (C=O) groups is 1. The zero-order valence-corrected chi connectivity index (χ0v) is 19.0. The molecule has 1 aliphatic carbocycles. The average Bonchev–Trinajstić information content (AvgIpc) is 3.31. The fourth-order valence-corrected chi connectivity index (χ4v) is 7.22. The molecule has 0 radical (unpaired) electrons. The summed E-state index contributed by atoms with van der Waals surface area (Å²) in [7, 11) is 0. The van der Waals surface area contributed by atoms with E-state index in [0.29, 0.717) is 6.42 Å². The molecule has 5 rings (SSSR count). The number of thioether (sulfide) groups is 2. The van der Waals surface area contributed by atoms with Crippen molar-refractivity contribution in [3.05, 3.63) is 21.6 Å². The van der Waals surface area contributed by atoms with Gasteiger partial charge in [0.15, 0.2) is 5.16 Å². The van der Waals surface area contributed by atoms with Gasteiger partial charge in [0.2, 0.25) is 5.91 Å². The smallest absolute Gasteiger partial charge is 0.257 e. The molecular formula is C21H30N4O3S2. The lowest BCUT2D eigenvalue weighted by Gasteiger charge is -2.36. The number of hydrogen-bond donors (Lipinski definition) is 0. The maximum absolute atomic E-state index is 13.4. The average molecular weight is 451 g/mol. The van der Waals surface area contributed by atoms with Gasteiger partial charge in [-0.05, 0) is 31.4 Å². The van der Waals surface area contributed by atoms with Crippen LogP contribution in [0.2, 0.25) is 0 Å². The van der Waals surface area contributed by atoms with Crippen LogP contribution in [0, 0.1) is 0 Å². The number of rotatable bonds is 4.